The summed E-state index contributed by atoms with van der Waals surface area (Å²) < 4.78 is 12.5. The van der Waals surface area contributed by atoms with Gasteiger partial charge in [0, 0.05) is 17.7 Å². The van der Waals surface area contributed by atoms with Gasteiger partial charge in [-0.15, -0.1) is 0 Å². The Labute approximate surface area is 174 Å². The molecule has 0 N–H and O–H groups in total. The number of ether oxygens (including phenoxy) is 2. The molecule has 0 radical (unpaired) electrons. The first-order valence-corrected chi connectivity index (χ1v) is 9.73. The number of nitrogens with zero attached hydrogens (tertiary/aromatic N) is 1. The van der Waals surface area contributed by atoms with Crippen LogP contribution in [0.4, 0.5) is 0 Å². The van der Waals surface area contributed by atoms with Crippen molar-refractivity contribution in [2.75, 3.05) is 14.2 Å². The van der Waals surface area contributed by atoms with Crippen molar-refractivity contribution < 1.29 is 23.6 Å². The van der Waals surface area contributed by atoms with Gasteiger partial charge in [-0.2, -0.15) is 4.57 Å². The highest BCUT2D eigenvalue weighted by Gasteiger charge is 2.63. The minimum atomic E-state index is -0.996. The standard InChI is InChI=1S/C25H20NO4/c1-29-23(27)20-21(24(28)30-2)25(16-10-4-3-5-11-16)18-13-7-6-12-17(18)22(20)26-15-9-8-14-19(25)26/h3-15,22H,1-2H3/q+1/t22-,25+/m1/s1. The molecule has 2 bridgehead atoms. The SMILES string of the molecule is COC(=O)C1=C(C(=O)OC)[C@@]2(c3ccccc3)c3ccccc3[C@H]1[n+]1ccccc12. The number of hydrogen-bond donors (Lipinski definition) is 0. The number of carbonyl (C=O) groups excluding carboxylic acids is 2. The van der Waals surface area contributed by atoms with E-state index in [1.165, 1.54) is 14.2 Å². The quantitative estimate of drug-likeness (QED) is 0.503. The van der Waals surface area contributed by atoms with Crippen molar-refractivity contribution in [2.24, 2.45) is 0 Å². The third-order valence-electron chi connectivity index (χ3n) is 6.13. The molecule has 0 saturated heterocycles. The Balaban J connectivity index is 2.04. The summed E-state index contributed by atoms with van der Waals surface area (Å²) in [5, 5.41) is 0. The van der Waals surface area contributed by atoms with Crippen molar-refractivity contribution in [3.8, 4) is 0 Å². The van der Waals surface area contributed by atoms with Gasteiger partial charge in [-0.25, -0.2) is 9.59 Å². The van der Waals surface area contributed by atoms with Crippen LogP contribution in [0.2, 0.25) is 0 Å². The number of carbonyl (C=O) groups is 2. The van der Waals surface area contributed by atoms with Gasteiger partial charge in [0.1, 0.15) is 11.0 Å². The van der Waals surface area contributed by atoms with Crippen LogP contribution in [0.3, 0.4) is 0 Å². The van der Waals surface area contributed by atoms with Crippen LogP contribution in [-0.2, 0) is 24.5 Å². The molecule has 0 unspecified atom stereocenters. The number of aromatic nitrogens is 1. The van der Waals surface area contributed by atoms with Crippen LogP contribution in [0.15, 0.2) is 90.1 Å². The molecule has 1 aromatic heterocycles. The Morgan fingerprint density at radius 3 is 2.23 bits per heavy atom. The number of benzene rings is 2. The van der Waals surface area contributed by atoms with Crippen LogP contribution < -0.4 is 4.57 Å². The second kappa shape index (κ2) is 6.66. The molecular formula is C25H20NO4+. The highest BCUT2D eigenvalue weighted by atomic mass is 16.5. The third kappa shape index (κ3) is 2.15. The molecule has 6 rings (SSSR count). The summed E-state index contributed by atoms with van der Waals surface area (Å²) in [5.74, 6) is -1.06. The average Bonchev–Trinajstić information content (AvgIpc) is 2.83. The zero-order valence-corrected chi connectivity index (χ0v) is 16.7. The van der Waals surface area contributed by atoms with E-state index < -0.39 is 23.4 Å². The van der Waals surface area contributed by atoms with Crippen LogP contribution in [0, 0.1) is 0 Å². The normalized spacial score (nSPS) is 20.9. The van der Waals surface area contributed by atoms with Gasteiger partial charge < -0.3 is 9.47 Å². The molecule has 2 aliphatic heterocycles. The van der Waals surface area contributed by atoms with E-state index in [2.05, 4.69) is 4.57 Å². The van der Waals surface area contributed by atoms with Gasteiger partial charge >= 0.3 is 11.9 Å². The molecule has 0 fully saturated rings. The molecule has 3 aromatic rings. The van der Waals surface area contributed by atoms with Gasteiger partial charge in [0.2, 0.25) is 11.7 Å². The number of pyridine rings is 1. The molecule has 5 heteroatoms. The van der Waals surface area contributed by atoms with E-state index in [0.717, 1.165) is 22.4 Å². The zero-order valence-electron chi connectivity index (χ0n) is 16.7. The lowest BCUT2D eigenvalue weighted by atomic mass is 9.57. The number of esters is 2. The summed E-state index contributed by atoms with van der Waals surface area (Å²) in [6.45, 7) is 0. The smallest absolute Gasteiger partial charge is 0.341 e. The summed E-state index contributed by atoms with van der Waals surface area (Å²) in [5.41, 5.74) is 3.38. The van der Waals surface area contributed by atoms with Crippen molar-refractivity contribution >= 4 is 11.9 Å². The monoisotopic (exact) mass is 398 g/mol. The molecule has 0 saturated carbocycles. The van der Waals surface area contributed by atoms with Gasteiger partial charge in [0.15, 0.2) is 6.20 Å². The van der Waals surface area contributed by atoms with Gasteiger partial charge in [0.25, 0.3) is 0 Å². The van der Waals surface area contributed by atoms with Crippen LogP contribution >= 0.6 is 0 Å². The second-order valence-electron chi connectivity index (χ2n) is 7.37. The molecule has 2 atom stereocenters. The molecule has 30 heavy (non-hydrogen) atoms. The molecule has 0 spiro atoms. The Morgan fingerprint density at radius 2 is 1.50 bits per heavy atom. The van der Waals surface area contributed by atoms with E-state index in [0.29, 0.717) is 11.1 Å². The molecule has 2 aromatic carbocycles. The highest BCUT2D eigenvalue weighted by Crippen LogP contribution is 2.56. The third-order valence-corrected chi connectivity index (χ3v) is 6.13. The highest BCUT2D eigenvalue weighted by molar-refractivity contribution is 6.06. The topological polar surface area (TPSA) is 56.5 Å². The number of hydrogen-bond acceptors (Lipinski definition) is 4. The first kappa shape index (κ1) is 18.3. The van der Waals surface area contributed by atoms with E-state index in [4.69, 9.17) is 9.47 Å². The van der Waals surface area contributed by atoms with Crippen molar-refractivity contribution in [1.82, 2.24) is 0 Å². The Morgan fingerprint density at radius 1 is 0.833 bits per heavy atom. The lowest BCUT2D eigenvalue weighted by Crippen LogP contribution is -2.62. The Hall–Kier alpha value is -3.73. The van der Waals surface area contributed by atoms with E-state index in [1.807, 2.05) is 79.0 Å². The summed E-state index contributed by atoms with van der Waals surface area (Å²) in [6.07, 6.45) is 1.95. The average molecular weight is 398 g/mol. The van der Waals surface area contributed by atoms with E-state index >= 15 is 0 Å². The Bertz CT molecular complexity index is 1170. The van der Waals surface area contributed by atoms with Crippen LogP contribution in [0.25, 0.3) is 0 Å². The predicted octanol–water partition coefficient (Wildman–Crippen LogP) is 2.87. The molecule has 148 valence electrons. The molecular weight excluding hydrogens is 378 g/mol. The fourth-order valence-corrected chi connectivity index (χ4v) is 5.08. The van der Waals surface area contributed by atoms with Crippen molar-refractivity contribution in [3.05, 3.63) is 113 Å². The predicted molar refractivity (Wildman–Crippen MR) is 109 cm³/mol. The first-order valence-electron chi connectivity index (χ1n) is 9.73. The van der Waals surface area contributed by atoms with Crippen molar-refractivity contribution in [1.29, 1.82) is 0 Å². The fraction of sp³-hybridized carbons (Fsp3) is 0.160. The minimum Gasteiger partial charge on any atom is -0.466 e. The zero-order chi connectivity index (χ0) is 20.9. The van der Waals surface area contributed by atoms with Gasteiger partial charge in [-0.1, -0.05) is 60.7 Å². The van der Waals surface area contributed by atoms with Gasteiger partial charge in [-0.05, 0) is 11.1 Å². The van der Waals surface area contributed by atoms with Gasteiger partial charge in [-0.3, -0.25) is 0 Å². The number of rotatable bonds is 3. The molecule has 3 aliphatic rings. The number of methoxy groups -OCH3 is 2. The van der Waals surface area contributed by atoms with E-state index in [-0.39, 0.29) is 0 Å². The molecule has 0 amide bonds. The summed E-state index contributed by atoms with van der Waals surface area (Å²) >= 11 is 0. The maximum Gasteiger partial charge on any atom is 0.341 e. The van der Waals surface area contributed by atoms with Crippen molar-refractivity contribution in [3.63, 3.8) is 0 Å². The summed E-state index contributed by atoms with van der Waals surface area (Å²) in [6, 6.07) is 23.2. The Kier molecular flexibility index (Phi) is 4.07. The lowest BCUT2D eigenvalue weighted by Gasteiger charge is -2.45. The largest absolute Gasteiger partial charge is 0.466 e. The molecule has 1 aliphatic carbocycles. The fourth-order valence-electron chi connectivity index (χ4n) is 5.08. The maximum atomic E-state index is 13.3. The van der Waals surface area contributed by atoms with Gasteiger partial charge in [0.05, 0.1) is 19.8 Å². The summed E-state index contributed by atoms with van der Waals surface area (Å²) in [4.78, 5) is 26.4. The van der Waals surface area contributed by atoms with Crippen LogP contribution in [0.5, 0.6) is 0 Å². The maximum absolute atomic E-state index is 13.3. The summed E-state index contributed by atoms with van der Waals surface area (Å²) in [7, 11) is 2.68. The van der Waals surface area contributed by atoms with E-state index in [9.17, 15) is 9.59 Å². The minimum absolute atomic E-state index is 0.315. The van der Waals surface area contributed by atoms with E-state index in [1.54, 1.807) is 0 Å². The first-order chi connectivity index (χ1) is 14.7. The van der Waals surface area contributed by atoms with Crippen LogP contribution in [0.1, 0.15) is 28.4 Å². The van der Waals surface area contributed by atoms with Crippen molar-refractivity contribution in [2.45, 2.75) is 11.5 Å². The lowest BCUT2D eigenvalue weighted by molar-refractivity contribution is -0.719. The molecule has 3 heterocycles. The van der Waals surface area contributed by atoms with Crippen LogP contribution in [-0.4, -0.2) is 26.2 Å². The molecule has 5 nitrogen and oxygen atoms in total. The second-order valence-corrected chi connectivity index (χ2v) is 7.37.